The summed E-state index contributed by atoms with van der Waals surface area (Å²) in [7, 11) is -6.09. The second-order valence-electron chi connectivity index (χ2n) is 9.77. The molecule has 0 aromatic heterocycles. The van der Waals surface area contributed by atoms with E-state index in [9.17, 15) is 13.2 Å². The number of hydrogen-bond acceptors (Lipinski definition) is 3. The Balaban J connectivity index is 0.000000353. The normalized spacial score (nSPS) is 22.9. The Labute approximate surface area is 253 Å². The average Bonchev–Trinajstić information content (AvgIpc) is 3.00. The standard InChI is InChI=1S/C21H21.C10H15.CHF3O3S.Ir/c1-16-10-9-15-20(18-11-5-3-6-12-18)21(17(16)2)19-13-7-4-8-14-19;1-6-7(2)9(4)10(5)8(6)3;2-1(3,4)8(5,6)7;/h3-15,20-21H,1-2H3;1-5H3;(H,5,6,7);/q;;;+3/p-1/t20-,21+;;;/m1.../s1. The zero-order valence-corrected chi connectivity index (χ0v) is 27.0. The van der Waals surface area contributed by atoms with Gasteiger partial charge in [-0.2, -0.15) is 13.2 Å². The van der Waals surface area contributed by atoms with Crippen LogP contribution in [0.15, 0.2) is 60.7 Å². The molecule has 0 bridgehead atoms. The molecule has 2 saturated carbocycles. The molecule has 2 aliphatic carbocycles. The van der Waals surface area contributed by atoms with Crippen LogP contribution in [0.1, 0.15) is 71.4 Å². The first-order valence-electron chi connectivity index (χ1n) is 12.6. The smallest absolute Gasteiger partial charge is 0.741 e. The summed E-state index contributed by atoms with van der Waals surface area (Å²) in [6.45, 7) is 15.5. The van der Waals surface area contributed by atoms with Crippen molar-refractivity contribution >= 4 is 10.1 Å². The molecular formula is C32H36F3IrO3S+2. The van der Waals surface area contributed by atoms with Crippen molar-refractivity contribution in [1.82, 2.24) is 0 Å². The van der Waals surface area contributed by atoms with Gasteiger partial charge < -0.3 is 4.55 Å². The zero-order valence-electron chi connectivity index (χ0n) is 23.8. The quantitative estimate of drug-likeness (QED) is 0.176. The summed E-state index contributed by atoms with van der Waals surface area (Å²) >= 11 is 0. The van der Waals surface area contributed by atoms with Gasteiger partial charge >= 0.3 is 25.6 Å². The van der Waals surface area contributed by atoms with Crippen LogP contribution in [0.4, 0.5) is 13.2 Å². The van der Waals surface area contributed by atoms with Crippen molar-refractivity contribution in [2.45, 2.75) is 65.8 Å². The Morgan fingerprint density at radius 3 is 1.38 bits per heavy atom. The molecule has 2 atom stereocenters. The number of hydrogen-bond donors (Lipinski definition) is 0. The third kappa shape index (κ3) is 9.68. The monoisotopic (exact) mass is 750 g/mol. The molecule has 2 aliphatic rings. The van der Waals surface area contributed by atoms with Crippen molar-refractivity contribution in [3.63, 3.8) is 0 Å². The van der Waals surface area contributed by atoms with Crippen molar-refractivity contribution < 1.29 is 46.2 Å². The van der Waals surface area contributed by atoms with Crippen LogP contribution in [0.5, 0.6) is 0 Å². The summed E-state index contributed by atoms with van der Waals surface area (Å²) in [4.78, 5) is 0. The minimum absolute atomic E-state index is 0. The third-order valence-electron chi connectivity index (χ3n) is 7.55. The Bertz CT molecular complexity index is 1050. The second-order valence-corrected chi connectivity index (χ2v) is 11.1. The van der Waals surface area contributed by atoms with E-state index >= 15 is 0 Å². The molecular weight excluding hydrogens is 714 g/mol. The first-order valence-corrected chi connectivity index (χ1v) is 14.0. The predicted molar refractivity (Wildman–Crippen MR) is 149 cm³/mol. The van der Waals surface area contributed by atoms with Crippen molar-refractivity contribution in [2.75, 3.05) is 0 Å². The van der Waals surface area contributed by atoms with Crippen LogP contribution in [0.25, 0.3) is 0 Å². The van der Waals surface area contributed by atoms with Crippen LogP contribution in [-0.2, 0) is 30.2 Å². The number of rotatable bonds is 2. The molecule has 10 radical (unpaired) electrons. The summed E-state index contributed by atoms with van der Waals surface area (Å²) in [5.41, 5.74) is -2.87. The topological polar surface area (TPSA) is 57.2 Å². The van der Waals surface area contributed by atoms with Crippen molar-refractivity contribution in [2.24, 2.45) is 0 Å². The summed E-state index contributed by atoms with van der Waals surface area (Å²) in [6.07, 6.45) is 6.78. The maximum Gasteiger partial charge on any atom is 3.00 e. The van der Waals surface area contributed by atoms with Crippen molar-refractivity contribution in [3.05, 3.63) is 132 Å². The Morgan fingerprint density at radius 1 is 0.675 bits per heavy atom. The van der Waals surface area contributed by atoms with E-state index in [-0.39, 0.29) is 20.1 Å². The van der Waals surface area contributed by atoms with Gasteiger partial charge in [-0.3, -0.25) is 0 Å². The molecule has 2 fully saturated rings. The first kappa shape index (κ1) is 36.8. The molecule has 8 heteroatoms. The van der Waals surface area contributed by atoms with Gasteiger partial charge in [0.1, 0.15) is 0 Å². The maximum absolute atomic E-state index is 10.7. The molecule has 0 saturated heterocycles. The van der Waals surface area contributed by atoms with E-state index in [1.807, 2.05) is 0 Å². The molecule has 3 nitrogen and oxygen atoms in total. The van der Waals surface area contributed by atoms with Gasteiger partial charge in [0.25, 0.3) is 0 Å². The van der Waals surface area contributed by atoms with Gasteiger partial charge in [0.2, 0.25) is 0 Å². The molecule has 0 spiro atoms. The Kier molecular flexibility index (Phi) is 14.6. The molecule has 0 amide bonds. The third-order valence-corrected chi connectivity index (χ3v) is 8.12. The van der Waals surface area contributed by atoms with E-state index < -0.39 is 15.6 Å². The van der Waals surface area contributed by atoms with Crippen LogP contribution in [0, 0.1) is 60.7 Å². The molecule has 0 heterocycles. The minimum Gasteiger partial charge on any atom is -0.741 e. The molecule has 2 aromatic rings. The van der Waals surface area contributed by atoms with Crippen LogP contribution < -0.4 is 0 Å². The van der Waals surface area contributed by atoms with E-state index in [0.717, 1.165) is 0 Å². The summed E-state index contributed by atoms with van der Waals surface area (Å²) in [6, 6.07) is 21.7. The van der Waals surface area contributed by atoms with Gasteiger partial charge in [-0.25, -0.2) is 8.42 Å². The molecule has 216 valence electrons. The van der Waals surface area contributed by atoms with Gasteiger partial charge in [-0.15, -0.1) is 0 Å². The fourth-order valence-electron chi connectivity index (χ4n) is 4.58. The zero-order chi connectivity index (χ0) is 29.5. The molecule has 4 rings (SSSR count). The summed E-state index contributed by atoms with van der Waals surface area (Å²) in [5.74, 6) is 11.0. The van der Waals surface area contributed by atoms with E-state index in [2.05, 4.69) is 128 Å². The number of halogens is 3. The number of benzene rings is 2. The van der Waals surface area contributed by atoms with Crippen molar-refractivity contribution in [3.8, 4) is 0 Å². The largest absolute Gasteiger partial charge is 3.00 e. The predicted octanol–water partition coefficient (Wildman–Crippen LogP) is 8.39. The molecule has 40 heavy (non-hydrogen) atoms. The fourth-order valence-corrected chi connectivity index (χ4v) is 4.58. The Hall–Kier alpha value is -1.21. The molecule has 0 unspecified atom stereocenters. The van der Waals surface area contributed by atoms with Gasteiger partial charge in [-0.05, 0) is 83.7 Å². The van der Waals surface area contributed by atoms with E-state index in [1.54, 1.807) is 0 Å². The van der Waals surface area contributed by atoms with E-state index in [0.29, 0.717) is 11.8 Å². The van der Waals surface area contributed by atoms with Gasteiger partial charge in [0, 0.05) is 0 Å². The fraction of sp³-hybridized carbons (Fsp3) is 0.312. The Morgan fingerprint density at radius 2 is 1.02 bits per heavy atom. The maximum atomic E-state index is 10.7. The number of alkyl halides is 3. The van der Waals surface area contributed by atoms with Gasteiger partial charge in [0.05, 0.1) is 0 Å². The first-order chi connectivity index (χ1) is 18.1. The van der Waals surface area contributed by atoms with Gasteiger partial charge in [-0.1, -0.05) is 109 Å². The average molecular weight is 750 g/mol. The molecule has 0 aliphatic heterocycles. The molecule has 2 aromatic carbocycles. The SMILES string of the molecule is C[C]1[CH][CH][CH][C@H](c2ccccc2)[C@H](c2ccccc2)[C]1C.C[C]1[C](C)[C](C)[C](C)[C]1C.O=S(=O)([O-])C(F)(F)F.[Ir+3]. The van der Waals surface area contributed by atoms with E-state index in [1.165, 1.54) is 52.6 Å². The molecule has 0 N–H and O–H groups in total. The minimum atomic E-state index is -6.09. The summed E-state index contributed by atoms with van der Waals surface area (Å²) in [5, 5.41) is 0. The second kappa shape index (κ2) is 15.9. The van der Waals surface area contributed by atoms with Crippen LogP contribution in [-0.4, -0.2) is 18.5 Å². The van der Waals surface area contributed by atoms with Crippen LogP contribution in [0.3, 0.4) is 0 Å². The van der Waals surface area contributed by atoms with Gasteiger partial charge in [0.15, 0.2) is 10.1 Å². The van der Waals surface area contributed by atoms with Crippen molar-refractivity contribution in [1.29, 1.82) is 0 Å². The van der Waals surface area contributed by atoms with E-state index in [4.69, 9.17) is 13.0 Å². The summed E-state index contributed by atoms with van der Waals surface area (Å²) < 4.78 is 58.9. The van der Waals surface area contributed by atoms with Crippen LogP contribution >= 0.6 is 0 Å². The van der Waals surface area contributed by atoms with Crippen LogP contribution in [0.2, 0.25) is 0 Å².